The third-order valence-electron chi connectivity index (χ3n) is 7.22. The molecular formula is C27H43ClN5O6PS. The second-order valence-electron chi connectivity index (χ2n) is 12.4. The lowest BCUT2D eigenvalue weighted by molar-refractivity contribution is -0.195. The van der Waals surface area contributed by atoms with Gasteiger partial charge in [0.05, 0.1) is 35.4 Å². The number of anilines is 1. The van der Waals surface area contributed by atoms with Gasteiger partial charge in [-0.25, -0.2) is 4.68 Å². The van der Waals surface area contributed by atoms with Gasteiger partial charge in [0, 0.05) is 11.8 Å². The Morgan fingerprint density at radius 1 is 1.22 bits per heavy atom. The molecule has 14 heteroatoms. The standard InChI is InChI=1S/C27H43ClN5O6PS/c1-7-8-13-35-40(34,39-26(2,3)4)16-41-15-19-20-21(38-27(5,6)37-20)24(36-19)33-23-18(14-29-33)22(31-25(28)32-23)30-17-11-9-10-12-17/h14,17,19-21,24H,7-13,15-16H2,1-6H3,(H,30,31,32)/t19-,20-,21-,24-,40?/m1/s1. The highest BCUT2D eigenvalue weighted by Gasteiger charge is 2.56. The Morgan fingerprint density at radius 3 is 2.66 bits per heavy atom. The zero-order valence-electron chi connectivity index (χ0n) is 24.8. The Bertz CT molecular complexity index is 1250. The maximum absolute atomic E-state index is 13.6. The number of rotatable bonds is 12. The Balaban J connectivity index is 1.33. The van der Waals surface area contributed by atoms with E-state index in [-0.39, 0.29) is 23.0 Å². The summed E-state index contributed by atoms with van der Waals surface area (Å²) >= 11 is 7.85. The van der Waals surface area contributed by atoms with Gasteiger partial charge < -0.3 is 28.6 Å². The number of fused-ring (bicyclic) bond motifs is 2. The summed E-state index contributed by atoms with van der Waals surface area (Å²) in [5, 5.41) is 9.12. The highest BCUT2D eigenvalue weighted by atomic mass is 35.5. The van der Waals surface area contributed by atoms with Crippen LogP contribution in [0.2, 0.25) is 5.28 Å². The minimum Gasteiger partial charge on any atom is -0.367 e. The third-order valence-corrected chi connectivity index (χ3v) is 11.3. The first-order chi connectivity index (χ1) is 19.4. The molecule has 3 fully saturated rings. The summed E-state index contributed by atoms with van der Waals surface area (Å²) in [4.78, 5) is 8.98. The van der Waals surface area contributed by atoms with Gasteiger partial charge in [0.2, 0.25) is 5.28 Å². The van der Waals surface area contributed by atoms with E-state index in [0.29, 0.717) is 29.9 Å². The fraction of sp³-hybridized carbons (Fsp3) is 0.815. The molecule has 11 nitrogen and oxygen atoms in total. The Labute approximate surface area is 251 Å². The fourth-order valence-electron chi connectivity index (χ4n) is 5.58. The van der Waals surface area contributed by atoms with E-state index in [9.17, 15) is 4.57 Å². The molecule has 3 aliphatic rings. The SMILES string of the molecule is CCCCOP(=O)(CSC[C@H]1O[C@@H](n2ncc3c(NC4CCCC4)nc(Cl)nc32)[C@@H]2OC(C)(C)O[C@@H]21)OC(C)(C)C. The summed E-state index contributed by atoms with van der Waals surface area (Å²) in [6.07, 6.45) is 6.43. The van der Waals surface area contributed by atoms with E-state index < -0.39 is 31.3 Å². The number of hydrogen-bond acceptors (Lipinski definition) is 11. The van der Waals surface area contributed by atoms with Gasteiger partial charge in [-0.3, -0.25) is 4.57 Å². The van der Waals surface area contributed by atoms with Crippen molar-refractivity contribution in [3.8, 4) is 0 Å². The minimum absolute atomic E-state index is 0.142. The van der Waals surface area contributed by atoms with Gasteiger partial charge in [-0.2, -0.15) is 15.1 Å². The van der Waals surface area contributed by atoms with Crippen LogP contribution in [0.3, 0.4) is 0 Å². The maximum Gasteiger partial charge on any atom is 0.340 e. The molecule has 5 rings (SSSR count). The normalized spacial score (nSPS) is 27.9. The minimum atomic E-state index is -3.32. The van der Waals surface area contributed by atoms with E-state index in [1.807, 2.05) is 34.6 Å². The van der Waals surface area contributed by atoms with Crippen molar-refractivity contribution in [3.05, 3.63) is 11.5 Å². The Kier molecular flexibility index (Phi) is 9.63. The van der Waals surface area contributed by atoms with E-state index in [1.165, 1.54) is 24.6 Å². The predicted molar refractivity (Wildman–Crippen MR) is 161 cm³/mol. The fourth-order valence-corrected chi connectivity index (χ4v) is 9.37. The van der Waals surface area contributed by atoms with Gasteiger partial charge >= 0.3 is 7.60 Å². The molecular weight excluding hydrogens is 589 g/mol. The molecule has 1 unspecified atom stereocenters. The molecule has 2 aromatic heterocycles. The molecule has 1 saturated carbocycles. The van der Waals surface area contributed by atoms with Gasteiger partial charge in [-0.15, -0.1) is 11.8 Å². The number of aromatic nitrogens is 4. The molecule has 5 atom stereocenters. The largest absolute Gasteiger partial charge is 0.367 e. The van der Waals surface area contributed by atoms with Crippen molar-refractivity contribution in [1.29, 1.82) is 0 Å². The summed E-state index contributed by atoms with van der Waals surface area (Å²) < 4.78 is 46.2. The predicted octanol–water partition coefficient (Wildman–Crippen LogP) is 6.77. The average molecular weight is 632 g/mol. The molecule has 1 N–H and O–H groups in total. The molecule has 0 amide bonds. The summed E-state index contributed by atoms with van der Waals surface area (Å²) in [5.74, 6) is 0.398. The molecule has 0 bridgehead atoms. The zero-order valence-corrected chi connectivity index (χ0v) is 27.3. The van der Waals surface area contributed by atoms with Gasteiger partial charge in [0.15, 0.2) is 17.7 Å². The third kappa shape index (κ3) is 7.58. The first-order valence-corrected chi connectivity index (χ1v) is 17.8. The van der Waals surface area contributed by atoms with Crippen LogP contribution in [0.15, 0.2) is 6.20 Å². The number of halogens is 1. The lowest BCUT2D eigenvalue weighted by Gasteiger charge is -2.27. The molecule has 1 aliphatic carbocycles. The summed E-state index contributed by atoms with van der Waals surface area (Å²) in [6.45, 7) is 11.9. The molecule has 0 aromatic carbocycles. The van der Waals surface area contributed by atoms with Crippen molar-refractivity contribution in [3.63, 3.8) is 0 Å². The van der Waals surface area contributed by atoms with Crippen LogP contribution in [0, 0.1) is 0 Å². The van der Waals surface area contributed by atoms with Gasteiger partial charge in [0.1, 0.15) is 18.0 Å². The monoisotopic (exact) mass is 631 g/mol. The molecule has 0 radical (unpaired) electrons. The second-order valence-corrected chi connectivity index (χ2v) is 16.2. The highest BCUT2D eigenvalue weighted by molar-refractivity contribution is 8.04. The van der Waals surface area contributed by atoms with Crippen LogP contribution in [-0.2, 0) is 27.8 Å². The van der Waals surface area contributed by atoms with Gasteiger partial charge in [0.25, 0.3) is 0 Å². The van der Waals surface area contributed by atoms with Crippen LogP contribution >= 0.6 is 31.0 Å². The van der Waals surface area contributed by atoms with Crippen LogP contribution in [0.1, 0.15) is 86.3 Å². The maximum atomic E-state index is 13.6. The smallest absolute Gasteiger partial charge is 0.340 e. The van der Waals surface area contributed by atoms with Crippen molar-refractivity contribution >= 4 is 47.8 Å². The van der Waals surface area contributed by atoms with Gasteiger partial charge in [-0.1, -0.05) is 26.2 Å². The molecule has 0 spiro atoms. The lowest BCUT2D eigenvalue weighted by atomic mass is 10.1. The van der Waals surface area contributed by atoms with Crippen molar-refractivity contribution in [2.75, 3.05) is 23.2 Å². The zero-order chi connectivity index (χ0) is 29.4. The number of hydrogen-bond donors (Lipinski definition) is 1. The quantitative estimate of drug-likeness (QED) is 0.152. The number of unbranched alkanes of at least 4 members (excludes halogenated alkanes) is 1. The molecule has 2 aromatic rings. The van der Waals surface area contributed by atoms with E-state index in [0.717, 1.165) is 31.1 Å². The van der Waals surface area contributed by atoms with E-state index in [1.54, 1.807) is 10.9 Å². The van der Waals surface area contributed by atoms with E-state index >= 15 is 0 Å². The second kappa shape index (κ2) is 12.6. The molecule has 41 heavy (non-hydrogen) atoms. The Morgan fingerprint density at radius 2 is 1.95 bits per heavy atom. The summed E-state index contributed by atoms with van der Waals surface area (Å²) in [7, 11) is -3.32. The highest BCUT2D eigenvalue weighted by Crippen LogP contribution is 2.55. The summed E-state index contributed by atoms with van der Waals surface area (Å²) in [5.41, 5.74) is 0.192. The van der Waals surface area contributed by atoms with E-state index in [4.69, 9.17) is 34.9 Å². The Hall–Kier alpha value is -0.980. The topological polar surface area (TPSA) is 119 Å². The van der Waals surface area contributed by atoms with Crippen molar-refractivity contribution in [1.82, 2.24) is 19.7 Å². The van der Waals surface area contributed by atoms with Crippen molar-refractivity contribution in [2.45, 2.75) is 122 Å². The number of nitrogens with zero attached hydrogens (tertiary/aromatic N) is 4. The number of ether oxygens (including phenoxy) is 3. The van der Waals surface area contributed by atoms with Crippen LogP contribution in [0.4, 0.5) is 5.82 Å². The van der Waals surface area contributed by atoms with Crippen LogP contribution in [-0.4, -0.2) is 73.3 Å². The number of thioether (sulfide) groups is 1. The van der Waals surface area contributed by atoms with Gasteiger partial charge in [-0.05, 0) is 65.5 Å². The first kappa shape index (κ1) is 31.4. The van der Waals surface area contributed by atoms with E-state index in [2.05, 4.69) is 27.3 Å². The average Bonchev–Trinajstić information content (AvgIpc) is 3.63. The van der Waals surface area contributed by atoms with Crippen molar-refractivity contribution in [2.24, 2.45) is 0 Å². The molecule has 2 aliphatic heterocycles. The summed E-state index contributed by atoms with van der Waals surface area (Å²) in [6, 6.07) is 0.359. The van der Waals surface area contributed by atoms with Crippen LogP contribution in [0.5, 0.6) is 0 Å². The molecule has 230 valence electrons. The van der Waals surface area contributed by atoms with Crippen LogP contribution < -0.4 is 5.32 Å². The first-order valence-electron chi connectivity index (χ1n) is 14.6. The number of nitrogens with one attached hydrogen (secondary N) is 1. The molecule has 4 heterocycles. The molecule has 2 saturated heterocycles. The van der Waals surface area contributed by atoms with Crippen molar-refractivity contribution < 1.29 is 27.8 Å². The van der Waals surface area contributed by atoms with Crippen LogP contribution in [0.25, 0.3) is 11.0 Å². The lowest BCUT2D eigenvalue weighted by Crippen LogP contribution is -2.31.